The lowest BCUT2D eigenvalue weighted by molar-refractivity contribution is -0.127. The summed E-state index contributed by atoms with van der Waals surface area (Å²) < 4.78 is 1.91. The van der Waals surface area contributed by atoms with E-state index in [-0.39, 0.29) is 5.91 Å². The maximum Gasteiger partial charge on any atom is 0.274 e. The molecule has 0 bridgehead atoms. The summed E-state index contributed by atoms with van der Waals surface area (Å²) in [6, 6.07) is 10.1. The maximum absolute atomic E-state index is 13.2. The van der Waals surface area contributed by atoms with Crippen molar-refractivity contribution in [1.82, 2.24) is 19.6 Å². The number of hydrogen-bond acceptors (Lipinski definition) is 3. The van der Waals surface area contributed by atoms with Crippen molar-refractivity contribution in [3.05, 3.63) is 52.8 Å². The van der Waals surface area contributed by atoms with Crippen molar-refractivity contribution >= 4 is 11.8 Å². The Labute approximate surface area is 185 Å². The first kappa shape index (κ1) is 21.6. The first-order valence-electron chi connectivity index (χ1n) is 11.6. The number of nitrogens with zero attached hydrogens (tertiary/aromatic N) is 4. The van der Waals surface area contributed by atoms with E-state index in [1.807, 2.05) is 54.0 Å². The molecule has 0 saturated carbocycles. The fourth-order valence-corrected chi connectivity index (χ4v) is 5.07. The number of carbonyl (C=O) groups excluding carboxylic acids is 2. The summed E-state index contributed by atoms with van der Waals surface area (Å²) >= 11 is 0. The highest BCUT2D eigenvalue weighted by Gasteiger charge is 2.29. The lowest BCUT2D eigenvalue weighted by atomic mass is 9.83. The van der Waals surface area contributed by atoms with Crippen LogP contribution in [0, 0.1) is 5.92 Å². The normalized spacial score (nSPS) is 18.3. The van der Waals surface area contributed by atoms with Gasteiger partial charge in [0.15, 0.2) is 5.69 Å². The third-order valence-electron chi connectivity index (χ3n) is 6.83. The Morgan fingerprint density at radius 2 is 2.00 bits per heavy atom. The van der Waals surface area contributed by atoms with E-state index in [0.29, 0.717) is 24.1 Å². The Morgan fingerprint density at radius 3 is 2.74 bits per heavy atom. The monoisotopic (exact) mass is 422 g/mol. The van der Waals surface area contributed by atoms with Gasteiger partial charge >= 0.3 is 0 Å². The minimum absolute atomic E-state index is 0.00824. The second-order valence-corrected chi connectivity index (χ2v) is 9.13. The van der Waals surface area contributed by atoms with Crippen LogP contribution in [0.25, 0.3) is 0 Å². The van der Waals surface area contributed by atoms with Gasteiger partial charge in [-0.25, -0.2) is 0 Å². The van der Waals surface area contributed by atoms with Crippen molar-refractivity contribution in [3.63, 3.8) is 0 Å². The lowest BCUT2D eigenvalue weighted by Crippen LogP contribution is -2.28. The molecule has 0 radical (unpaired) electrons. The molecule has 31 heavy (non-hydrogen) atoms. The van der Waals surface area contributed by atoms with Crippen molar-refractivity contribution in [2.45, 2.75) is 57.9 Å². The van der Waals surface area contributed by atoms with Gasteiger partial charge in [0.2, 0.25) is 5.91 Å². The summed E-state index contributed by atoms with van der Waals surface area (Å²) in [5.41, 5.74) is 4.12. The molecule has 1 aliphatic carbocycles. The summed E-state index contributed by atoms with van der Waals surface area (Å²) in [4.78, 5) is 28.7. The van der Waals surface area contributed by atoms with Gasteiger partial charge in [-0.15, -0.1) is 0 Å². The molecule has 1 saturated heterocycles. The zero-order valence-electron chi connectivity index (χ0n) is 18.8. The summed E-state index contributed by atoms with van der Waals surface area (Å²) in [6.45, 7) is 2.42. The van der Waals surface area contributed by atoms with Gasteiger partial charge in [0.25, 0.3) is 5.91 Å². The number of hydrogen-bond donors (Lipinski definition) is 0. The van der Waals surface area contributed by atoms with Crippen LogP contribution in [0.4, 0.5) is 0 Å². The van der Waals surface area contributed by atoms with Crippen LogP contribution in [0.2, 0.25) is 0 Å². The number of unbranched alkanes of at least 4 members (excludes halogenated alkanes) is 1. The smallest absolute Gasteiger partial charge is 0.274 e. The number of likely N-dealkylation sites (tertiary alicyclic amines) is 1. The number of carbonyl (C=O) groups is 2. The summed E-state index contributed by atoms with van der Waals surface area (Å²) in [5.74, 6) is 0.923. The van der Waals surface area contributed by atoms with Gasteiger partial charge in [0, 0.05) is 51.4 Å². The van der Waals surface area contributed by atoms with Crippen molar-refractivity contribution in [3.8, 4) is 0 Å². The molecule has 0 N–H and O–H groups in total. The highest BCUT2D eigenvalue weighted by atomic mass is 16.2. The van der Waals surface area contributed by atoms with Crippen molar-refractivity contribution < 1.29 is 9.59 Å². The molecule has 6 nitrogen and oxygen atoms in total. The third-order valence-corrected chi connectivity index (χ3v) is 6.83. The van der Waals surface area contributed by atoms with Gasteiger partial charge in [-0.05, 0) is 43.6 Å². The van der Waals surface area contributed by atoms with Crippen LogP contribution in [0.3, 0.4) is 0 Å². The second-order valence-electron chi connectivity index (χ2n) is 9.13. The van der Waals surface area contributed by atoms with Crippen molar-refractivity contribution in [2.75, 3.05) is 20.1 Å². The average molecular weight is 423 g/mol. The molecule has 1 aliphatic heterocycles. The van der Waals surface area contributed by atoms with Gasteiger partial charge in [-0.2, -0.15) is 5.10 Å². The molecule has 2 heterocycles. The van der Waals surface area contributed by atoms with Gasteiger partial charge in [0.1, 0.15) is 0 Å². The SMILES string of the molecule is CN(Cc1ccccc1)C(=O)c1nn(C)c2c1CC(CCCCN1CCCC1=O)CC2. The predicted octanol–water partition coefficient (Wildman–Crippen LogP) is 3.59. The average Bonchev–Trinajstić information content (AvgIpc) is 3.34. The first-order valence-corrected chi connectivity index (χ1v) is 11.6. The molecule has 4 rings (SSSR count). The van der Waals surface area contributed by atoms with Crippen LogP contribution in [-0.4, -0.2) is 51.5 Å². The predicted molar refractivity (Wildman–Crippen MR) is 121 cm³/mol. The molecule has 2 amide bonds. The van der Waals surface area contributed by atoms with E-state index >= 15 is 0 Å². The highest BCUT2D eigenvalue weighted by Crippen LogP contribution is 2.31. The Hall–Kier alpha value is -2.63. The van der Waals surface area contributed by atoms with Crippen LogP contribution >= 0.6 is 0 Å². The zero-order valence-corrected chi connectivity index (χ0v) is 18.8. The molecule has 166 valence electrons. The fourth-order valence-electron chi connectivity index (χ4n) is 5.07. The molecule has 1 aromatic carbocycles. The second kappa shape index (κ2) is 9.67. The molecule has 0 spiro atoms. The molecule has 1 aromatic heterocycles. The van der Waals surface area contributed by atoms with Crippen molar-refractivity contribution in [2.24, 2.45) is 13.0 Å². The zero-order chi connectivity index (χ0) is 21.8. The number of fused-ring (bicyclic) bond motifs is 1. The number of aromatic nitrogens is 2. The molecule has 1 atom stereocenters. The lowest BCUT2D eigenvalue weighted by Gasteiger charge is -2.24. The number of aryl methyl sites for hydroxylation is 1. The number of amides is 2. The minimum Gasteiger partial charge on any atom is -0.343 e. The van der Waals surface area contributed by atoms with Gasteiger partial charge in [-0.1, -0.05) is 43.2 Å². The van der Waals surface area contributed by atoms with E-state index in [9.17, 15) is 9.59 Å². The van der Waals surface area contributed by atoms with Crippen LogP contribution in [0.5, 0.6) is 0 Å². The van der Waals surface area contributed by atoms with Gasteiger partial charge in [0.05, 0.1) is 0 Å². The molecular formula is C25H34N4O2. The molecular weight excluding hydrogens is 388 g/mol. The van der Waals surface area contributed by atoms with E-state index < -0.39 is 0 Å². The van der Waals surface area contributed by atoms with Gasteiger partial charge in [-0.3, -0.25) is 14.3 Å². The van der Waals surface area contributed by atoms with Crippen LogP contribution in [-0.2, 0) is 31.2 Å². The number of rotatable bonds is 8. The largest absolute Gasteiger partial charge is 0.343 e. The third kappa shape index (κ3) is 5.00. The van der Waals surface area contributed by atoms with Crippen molar-refractivity contribution in [1.29, 1.82) is 0 Å². The Balaban J connectivity index is 1.35. The van der Waals surface area contributed by atoms with E-state index in [2.05, 4.69) is 5.10 Å². The highest BCUT2D eigenvalue weighted by molar-refractivity contribution is 5.94. The molecule has 2 aliphatic rings. The Kier molecular flexibility index (Phi) is 6.73. The van der Waals surface area contributed by atoms with E-state index in [1.165, 1.54) is 5.69 Å². The van der Waals surface area contributed by atoms with Crippen LogP contribution in [0.1, 0.15) is 65.8 Å². The molecule has 6 heteroatoms. The molecule has 1 unspecified atom stereocenters. The van der Waals surface area contributed by atoms with Crippen LogP contribution in [0.15, 0.2) is 30.3 Å². The van der Waals surface area contributed by atoms with Gasteiger partial charge < -0.3 is 9.80 Å². The summed E-state index contributed by atoms with van der Waals surface area (Å²) in [5, 5.41) is 4.63. The minimum atomic E-state index is 0.00824. The summed E-state index contributed by atoms with van der Waals surface area (Å²) in [6.07, 6.45) is 8.19. The standard InChI is InChI=1S/C25H34N4O2/c1-27(18-20-10-4-3-5-11-20)25(31)24-21-17-19(13-14-22(21)28(2)26-24)9-6-7-15-29-16-8-12-23(29)30/h3-5,10-11,19H,6-9,12-18H2,1-2H3. The fraction of sp³-hybridized carbons (Fsp3) is 0.560. The Bertz CT molecular complexity index is 921. The van der Waals surface area contributed by atoms with E-state index in [1.54, 1.807) is 4.90 Å². The number of benzene rings is 1. The first-order chi connectivity index (χ1) is 15.0. The Morgan fingerprint density at radius 1 is 1.19 bits per heavy atom. The maximum atomic E-state index is 13.2. The molecule has 1 fully saturated rings. The summed E-state index contributed by atoms with van der Waals surface area (Å²) in [7, 11) is 3.82. The topological polar surface area (TPSA) is 58.4 Å². The quantitative estimate of drug-likeness (QED) is 0.611. The molecule has 2 aromatic rings. The van der Waals surface area contributed by atoms with E-state index in [0.717, 1.165) is 75.6 Å². The van der Waals surface area contributed by atoms with E-state index in [4.69, 9.17) is 0 Å². The van der Waals surface area contributed by atoms with Crippen LogP contribution < -0.4 is 0 Å².